The highest BCUT2D eigenvalue weighted by Crippen LogP contribution is 2.05. The van der Waals surface area contributed by atoms with E-state index in [0.717, 1.165) is 25.0 Å². The first-order valence-electron chi connectivity index (χ1n) is 5.15. The summed E-state index contributed by atoms with van der Waals surface area (Å²) in [6, 6.07) is 9.48. The van der Waals surface area contributed by atoms with E-state index in [9.17, 15) is 0 Å². The minimum Gasteiger partial charge on any atom is -0.501 e. The van der Waals surface area contributed by atoms with Gasteiger partial charge in [-0.15, -0.1) is 0 Å². The molecule has 0 fully saturated rings. The maximum absolute atomic E-state index is 8.61. The fourth-order valence-corrected chi connectivity index (χ4v) is 1.09. The van der Waals surface area contributed by atoms with Crippen LogP contribution in [0.3, 0.4) is 0 Å². The molecule has 0 aromatic heterocycles. The minimum atomic E-state index is 0.680. The molecule has 0 heterocycles. The van der Waals surface area contributed by atoms with Crippen molar-refractivity contribution in [1.29, 1.82) is 5.26 Å². The summed E-state index contributed by atoms with van der Waals surface area (Å²) in [6.07, 6.45) is 5.83. The third-order valence-corrected chi connectivity index (χ3v) is 2.01. The minimum absolute atomic E-state index is 0.680. The zero-order valence-electron chi connectivity index (χ0n) is 8.94. The van der Waals surface area contributed by atoms with Gasteiger partial charge in [-0.3, -0.25) is 0 Å². The standard InChI is InChI=1S/C13H15NO/c1-2-3-9-15-10-8-12-4-6-13(11-14)7-5-12/h4-8,10H,2-3,9H2,1H3/b10-8+. The van der Waals surface area contributed by atoms with Gasteiger partial charge in [0.2, 0.25) is 0 Å². The Bertz CT molecular complexity index is 346. The van der Waals surface area contributed by atoms with Crippen LogP contribution in [-0.4, -0.2) is 6.61 Å². The topological polar surface area (TPSA) is 33.0 Å². The molecule has 0 aliphatic carbocycles. The maximum atomic E-state index is 8.61. The van der Waals surface area contributed by atoms with Crippen LogP contribution in [0.15, 0.2) is 30.5 Å². The van der Waals surface area contributed by atoms with E-state index < -0.39 is 0 Å². The van der Waals surface area contributed by atoms with Crippen molar-refractivity contribution in [2.45, 2.75) is 19.8 Å². The van der Waals surface area contributed by atoms with Crippen molar-refractivity contribution < 1.29 is 4.74 Å². The molecule has 0 radical (unpaired) electrons. The molecule has 15 heavy (non-hydrogen) atoms. The first kappa shape index (κ1) is 11.3. The number of unbranched alkanes of at least 4 members (excludes halogenated alkanes) is 1. The predicted molar refractivity (Wildman–Crippen MR) is 61.1 cm³/mol. The number of ether oxygens (including phenoxy) is 1. The molecule has 0 spiro atoms. The Morgan fingerprint density at radius 3 is 2.67 bits per heavy atom. The Balaban J connectivity index is 2.40. The van der Waals surface area contributed by atoms with E-state index in [1.165, 1.54) is 0 Å². The lowest BCUT2D eigenvalue weighted by atomic mass is 10.1. The van der Waals surface area contributed by atoms with Crippen LogP contribution >= 0.6 is 0 Å². The third-order valence-electron chi connectivity index (χ3n) is 2.01. The molecule has 2 heteroatoms. The molecule has 0 bridgehead atoms. The molecule has 1 aromatic carbocycles. The summed E-state index contributed by atoms with van der Waals surface area (Å²) in [4.78, 5) is 0. The van der Waals surface area contributed by atoms with Gasteiger partial charge >= 0.3 is 0 Å². The van der Waals surface area contributed by atoms with Gasteiger partial charge in [0.05, 0.1) is 24.5 Å². The Morgan fingerprint density at radius 2 is 2.07 bits per heavy atom. The molecule has 2 nitrogen and oxygen atoms in total. The fourth-order valence-electron chi connectivity index (χ4n) is 1.09. The van der Waals surface area contributed by atoms with Gasteiger partial charge in [0.25, 0.3) is 0 Å². The van der Waals surface area contributed by atoms with E-state index in [1.807, 2.05) is 18.2 Å². The van der Waals surface area contributed by atoms with Crippen LogP contribution in [0.1, 0.15) is 30.9 Å². The zero-order chi connectivity index (χ0) is 10.9. The van der Waals surface area contributed by atoms with Gasteiger partial charge in [-0.05, 0) is 30.2 Å². The molecule has 0 unspecified atom stereocenters. The Labute approximate surface area is 90.8 Å². The number of rotatable bonds is 5. The quantitative estimate of drug-likeness (QED) is 0.540. The lowest BCUT2D eigenvalue weighted by Gasteiger charge is -1.97. The monoisotopic (exact) mass is 201 g/mol. The van der Waals surface area contributed by atoms with E-state index in [4.69, 9.17) is 10.00 Å². The lowest BCUT2D eigenvalue weighted by Crippen LogP contribution is -1.84. The molecule has 0 aliphatic heterocycles. The van der Waals surface area contributed by atoms with Crippen LogP contribution in [0, 0.1) is 11.3 Å². The fraction of sp³-hybridized carbons (Fsp3) is 0.308. The zero-order valence-corrected chi connectivity index (χ0v) is 8.94. The molecular weight excluding hydrogens is 186 g/mol. The van der Waals surface area contributed by atoms with Crippen molar-refractivity contribution in [2.75, 3.05) is 6.61 Å². The normalized spacial score (nSPS) is 10.1. The van der Waals surface area contributed by atoms with Crippen LogP contribution < -0.4 is 0 Å². The molecule has 78 valence electrons. The van der Waals surface area contributed by atoms with E-state index in [0.29, 0.717) is 5.56 Å². The van der Waals surface area contributed by atoms with Crippen LogP contribution in [0.2, 0.25) is 0 Å². The van der Waals surface area contributed by atoms with Gasteiger partial charge in [0.15, 0.2) is 0 Å². The van der Waals surface area contributed by atoms with Crippen molar-refractivity contribution in [3.8, 4) is 6.07 Å². The maximum Gasteiger partial charge on any atom is 0.0991 e. The Kier molecular flexibility index (Phi) is 5.03. The van der Waals surface area contributed by atoms with Gasteiger partial charge in [-0.25, -0.2) is 0 Å². The second-order valence-corrected chi connectivity index (χ2v) is 3.26. The van der Waals surface area contributed by atoms with E-state index in [-0.39, 0.29) is 0 Å². The number of hydrogen-bond acceptors (Lipinski definition) is 2. The highest BCUT2D eigenvalue weighted by atomic mass is 16.5. The summed E-state index contributed by atoms with van der Waals surface area (Å²) in [7, 11) is 0. The van der Waals surface area contributed by atoms with Crippen molar-refractivity contribution >= 4 is 6.08 Å². The third kappa shape index (κ3) is 4.33. The number of nitriles is 1. The largest absolute Gasteiger partial charge is 0.501 e. The summed E-state index contributed by atoms with van der Waals surface area (Å²) in [5, 5.41) is 8.61. The molecule has 0 amide bonds. The number of hydrogen-bond donors (Lipinski definition) is 0. The average molecular weight is 201 g/mol. The van der Waals surface area contributed by atoms with Crippen LogP contribution in [0.25, 0.3) is 6.08 Å². The van der Waals surface area contributed by atoms with E-state index in [2.05, 4.69) is 13.0 Å². The summed E-state index contributed by atoms with van der Waals surface area (Å²) >= 11 is 0. The van der Waals surface area contributed by atoms with Crippen LogP contribution in [0.5, 0.6) is 0 Å². The molecule has 0 aliphatic rings. The van der Waals surface area contributed by atoms with Crippen LogP contribution in [-0.2, 0) is 4.74 Å². The summed E-state index contributed by atoms with van der Waals surface area (Å²) in [5.41, 5.74) is 1.73. The molecular formula is C13H15NO. The second kappa shape index (κ2) is 6.67. The first-order chi connectivity index (χ1) is 7.36. The summed E-state index contributed by atoms with van der Waals surface area (Å²) in [6.45, 7) is 2.90. The van der Waals surface area contributed by atoms with Crippen molar-refractivity contribution in [3.63, 3.8) is 0 Å². The molecule has 0 atom stereocenters. The molecule has 0 saturated carbocycles. The van der Waals surface area contributed by atoms with Gasteiger partial charge in [-0.1, -0.05) is 25.5 Å². The Hall–Kier alpha value is -1.75. The molecule has 0 N–H and O–H groups in total. The number of benzene rings is 1. The van der Waals surface area contributed by atoms with Crippen molar-refractivity contribution in [2.24, 2.45) is 0 Å². The van der Waals surface area contributed by atoms with Gasteiger partial charge in [-0.2, -0.15) is 5.26 Å². The van der Waals surface area contributed by atoms with Crippen molar-refractivity contribution in [3.05, 3.63) is 41.7 Å². The van der Waals surface area contributed by atoms with Gasteiger partial charge in [0, 0.05) is 0 Å². The first-order valence-corrected chi connectivity index (χ1v) is 5.15. The van der Waals surface area contributed by atoms with E-state index in [1.54, 1.807) is 18.4 Å². The molecule has 1 rings (SSSR count). The smallest absolute Gasteiger partial charge is 0.0991 e. The Morgan fingerprint density at radius 1 is 1.33 bits per heavy atom. The van der Waals surface area contributed by atoms with Crippen LogP contribution in [0.4, 0.5) is 0 Å². The van der Waals surface area contributed by atoms with Gasteiger partial charge < -0.3 is 4.74 Å². The van der Waals surface area contributed by atoms with E-state index >= 15 is 0 Å². The highest BCUT2D eigenvalue weighted by Gasteiger charge is 1.89. The summed E-state index contributed by atoms with van der Waals surface area (Å²) in [5.74, 6) is 0. The average Bonchev–Trinajstić information content (AvgIpc) is 2.30. The summed E-state index contributed by atoms with van der Waals surface area (Å²) < 4.78 is 5.29. The molecule has 0 saturated heterocycles. The van der Waals surface area contributed by atoms with Gasteiger partial charge in [0.1, 0.15) is 0 Å². The van der Waals surface area contributed by atoms with Crippen molar-refractivity contribution in [1.82, 2.24) is 0 Å². The lowest BCUT2D eigenvalue weighted by molar-refractivity contribution is 0.246. The predicted octanol–water partition coefficient (Wildman–Crippen LogP) is 3.35. The second-order valence-electron chi connectivity index (χ2n) is 3.26. The highest BCUT2D eigenvalue weighted by molar-refractivity contribution is 5.49. The molecule has 1 aromatic rings. The number of nitrogens with zero attached hydrogens (tertiary/aromatic N) is 1. The SMILES string of the molecule is CCCCO/C=C/c1ccc(C#N)cc1.